The van der Waals surface area contributed by atoms with Crippen LogP contribution >= 0.6 is 12.2 Å². The molecule has 0 spiro atoms. The summed E-state index contributed by atoms with van der Waals surface area (Å²) in [5.74, 6) is 0. The van der Waals surface area contributed by atoms with E-state index in [1.54, 1.807) is 19.4 Å². The van der Waals surface area contributed by atoms with Crippen molar-refractivity contribution in [3.8, 4) is 6.01 Å². The van der Waals surface area contributed by atoms with E-state index in [0.29, 0.717) is 11.1 Å². The molecular weight excluding hydrogens is 188 g/mol. The Hall–Kier alpha value is -1.43. The fourth-order valence-corrected chi connectivity index (χ4v) is 0.798. The predicted molar refractivity (Wildman–Crippen MR) is 53.9 cm³/mol. The largest absolute Gasteiger partial charge is 0.467 e. The molecule has 13 heavy (non-hydrogen) atoms. The average Bonchev–Trinajstić information content (AvgIpc) is 2.19. The maximum Gasteiger partial charge on any atom is 0.316 e. The number of rotatable bonds is 2. The molecule has 2 N–H and O–H groups in total. The van der Waals surface area contributed by atoms with Crippen LogP contribution in [0.1, 0.15) is 0 Å². The fraction of sp³-hybridized carbons (Fsp3) is 0.286. The summed E-state index contributed by atoms with van der Waals surface area (Å²) in [6, 6.07) is 0.334. The summed E-state index contributed by atoms with van der Waals surface area (Å²) in [6.07, 6.45) is 3.19. The van der Waals surface area contributed by atoms with Gasteiger partial charge in [-0.2, -0.15) is 0 Å². The summed E-state index contributed by atoms with van der Waals surface area (Å²) in [5, 5.41) is 6.18. The molecule has 0 aliphatic carbocycles. The lowest BCUT2D eigenvalue weighted by Crippen LogP contribution is -2.24. The zero-order valence-electron chi connectivity index (χ0n) is 7.37. The first-order valence-corrected chi connectivity index (χ1v) is 4.02. The summed E-state index contributed by atoms with van der Waals surface area (Å²) in [7, 11) is 3.25. The van der Waals surface area contributed by atoms with E-state index >= 15 is 0 Å². The van der Waals surface area contributed by atoms with Crippen LogP contribution in [0.25, 0.3) is 0 Å². The zero-order chi connectivity index (χ0) is 9.68. The third-order valence-electron chi connectivity index (χ3n) is 1.30. The first kappa shape index (κ1) is 9.66. The van der Waals surface area contributed by atoms with E-state index in [1.165, 1.54) is 7.11 Å². The first-order chi connectivity index (χ1) is 6.26. The Labute approximate surface area is 81.5 Å². The van der Waals surface area contributed by atoms with E-state index in [0.717, 1.165) is 5.69 Å². The lowest BCUT2D eigenvalue weighted by molar-refractivity contribution is 0.380. The molecule has 0 unspecified atom stereocenters. The molecule has 1 heterocycles. The third-order valence-corrected chi connectivity index (χ3v) is 1.60. The lowest BCUT2D eigenvalue weighted by Gasteiger charge is -2.05. The molecule has 70 valence electrons. The number of nitrogens with one attached hydrogen (secondary N) is 2. The van der Waals surface area contributed by atoms with Crippen molar-refractivity contribution in [3.63, 3.8) is 0 Å². The highest BCUT2D eigenvalue weighted by atomic mass is 32.1. The van der Waals surface area contributed by atoms with Gasteiger partial charge in [-0.25, -0.2) is 9.97 Å². The first-order valence-electron chi connectivity index (χ1n) is 3.61. The smallest absolute Gasteiger partial charge is 0.316 e. The van der Waals surface area contributed by atoms with E-state index in [-0.39, 0.29) is 0 Å². The zero-order valence-corrected chi connectivity index (χ0v) is 8.18. The molecule has 0 aromatic carbocycles. The highest BCUT2D eigenvalue weighted by Crippen LogP contribution is 2.05. The number of methoxy groups -OCH3 is 1. The summed E-state index contributed by atoms with van der Waals surface area (Å²) in [6.45, 7) is 0. The van der Waals surface area contributed by atoms with Gasteiger partial charge in [0.2, 0.25) is 0 Å². The van der Waals surface area contributed by atoms with Gasteiger partial charge < -0.3 is 15.4 Å². The van der Waals surface area contributed by atoms with Crippen molar-refractivity contribution in [1.82, 2.24) is 15.3 Å². The van der Waals surface area contributed by atoms with Crippen LogP contribution in [0, 0.1) is 0 Å². The van der Waals surface area contributed by atoms with Crippen molar-refractivity contribution in [3.05, 3.63) is 12.4 Å². The second-order valence-corrected chi connectivity index (χ2v) is 2.57. The fourth-order valence-electron chi connectivity index (χ4n) is 0.680. The van der Waals surface area contributed by atoms with Crippen LogP contribution in [0.5, 0.6) is 6.01 Å². The van der Waals surface area contributed by atoms with Gasteiger partial charge in [0.05, 0.1) is 25.2 Å². The lowest BCUT2D eigenvalue weighted by atomic mass is 10.5. The number of thiocarbonyl (C=S) groups is 1. The van der Waals surface area contributed by atoms with Gasteiger partial charge >= 0.3 is 6.01 Å². The summed E-state index contributed by atoms with van der Waals surface area (Å²) in [5.41, 5.74) is 0.722. The second-order valence-electron chi connectivity index (χ2n) is 2.16. The average molecular weight is 198 g/mol. The van der Waals surface area contributed by atoms with Crippen LogP contribution < -0.4 is 15.4 Å². The minimum absolute atomic E-state index is 0.334. The second kappa shape index (κ2) is 4.56. The number of hydrogen-bond donors (Lipinski definition) is 2. The highest BCUT2D eigenvalue weighted by Gasteiger charge is 1.97. The molecule has 6 heteroatoms. The maximum atomic E-state index is 4.89. The molecule has 0 aliphatic rings. The molecular formula is C7H10N4OS. The minimum atomic E-state index is 0.334. The van der Waals surface area contributed by atoms with E-state index in [9.17, 15) is 0 Å². The van der Waals surface area contributed by atoms with E-state index in [1.807, 2.05) is 0 Å². The molecule has 0 saturated carbocycles. The van der Waals surface area contributed by atoms with Gasteiger partial charge in [0, 0.05) is 7.05 Å². The molecule has 5 nitrogen and oxygen atoms in total. The monoisotopic (exact) mass is 198 g/mol. The molecule has 0 aliphatic heterocycles. The molecule has 1 rings (SSSR count). The molecule has 0 atom stereocenters. The predicted octanol–water partition coefficient (Wildman–Crippen LogP) is 0.401. The molecule has 1 aromatic heterocycles. The highest BCUT2D eigenvalue weighted by molar-refractivity contribution is 7.80. The molecule has 0 amide bonds. The summed E-state index contributed by atoms with van der Waals surface area (Å²) < 4.78 is 4.80. The molecule has 0 saturated heterocycles. The van der Waals surface area contributed by atoms with Crippen molar-refractivity contribution in [2.45, 2.75) is 0 Å². The number of anilines is 1. The Balaban J connectivity index is 2.64. The number of hydrogen-bond acceptors (Lipinski definition) is 4. The minimum Gasteiger partial charge on any atom is -0.467 e. The van der Waals surface area contributed by atoms with Crippen molar-refractivity contribution < 1.29 is 4.74 Å². The Morgan fingerprint density at radius 1 is 1.46 bits per heavy atom. The Bertz CT molecular complexity index is 287. The standard InChI is InChI=1S/C7H10N4OS/c1-8-7(13)11-5-3-9-6(12-2)10-4-5/h3-4H,1-2H3,(H2,8,11,13). The van der Waals surface area contributed by atoms with Gasteiger partial charge in [0.1, 0.15) is 0 Å². The van der Waals surface area contributed by atoms with E-state index < -0.39 is 0 Å². The van der Waals surface area contributed by atoms with Crippen molar-refractivity contribution >= 4 is 23.0 Å². The van der Waals surface area contributed by atoms with Gasteiger partial charge in [-0.3, -0.25) is 0 Å². The van der Waals surface area contributed by atoms with Gasteiger partial charge in [0.15, 0.2) is 5.11 Å². The van der Waals surface area contributed by atoms with E-state index in [2.05, 4.69) is 20.6 Å². The molecule has 0 bridgehead atoms. The number of aromatic nitrogens is 2. The summed E-state index contributed by atoms with van der Waals surface area (Å²) in [4.78, 5) is 7.80. The molecule has 1 aromatic rings. The summed E-state index contributed by atoms with van der Waals surface area (Å²) >= 11 is 4.89. The normalized spacial score (nSPS) is 9.08. The van der Waals surface area contributed by atoms with Gasteiger partial charge in [0.25, 0.3) is 0 Å². The van der Waals surface area contributed by atoms with Crippen molar-refractivity contribution in [1.29, 1.82) is 0 Å². The number of ether oxygens (including phenoxy) is 1. The van der Waals surface area contributed by atoms with Crippen LogP contribution in [-0.2, 0) is 0 Å². The number of nitrogens with zero attached hydrogens (tertiary/aromatic N) is 2. The third kappa shape index (κ3) is 2.83. The van der Waals surface area contributed by atoms with Crippen LogP contribution in [0.15, 0.2) is 12.4 Å². The molecule has 0 radical (unpaired) electrons. The maximum absolute atomic E-state index is 4.89. The Morgan fingerprint density at radius 3 is 2.54 bits per heavy atom. The van der Waals surface area contributed by atoms with Crippen LogP contribution in [0.4, 0.5) is 5.69 Å². The Morgan fingerprint density at radius 2 is 2.08 bits per heavy atom. The van der Waals surface area contributed by atoms with Gasteiger partial charge in [-0.05, 0) is 12.2 Å². The van der Waals surface area contributed by atoms with Crippen LogP contribution in [0.3, 0.4) is 0 Å². The Kier molecular flexibility index (Phi) is 3.39. The quantitative estimate of drug-likeness (QED) is 0.671. The SMILES string of the molecule is CNC(=S)Nc1cnc(OC)nc1. The van der Waals surface area contributed by atoms with Crippen molar-refractivity contribution in [2.24, 2.45) is 0 Å². The van der Waals surface area contributed by atoms with Crippen molar-refractivity contribution in [2.75, 3.05) is 19.5 Å². The van der Waals surface area contributed by atoms with Crippen LogP contribution in [0.2, 0.25) is 0 Å². The topological polar surface area (TPSA) is 59.1 Å². The molecule has 0 fully saturated rings. The van der Waals surface area contributed by atoms with Gasteiger partial charge in [-0.15, -0.1) is 0 Å². The van der Waals surface area contributed by atoms with Crippen LogP contribution in [-0.4, -0.2) is 29.2 Å². The van der Waals surface area contributed by atoms with E-state index in [4.69, 9.17) is 17.0 Å². The van der Waals surface area contributed by atoms with Gasteiger partial charge in [-0.1, -0.05) is 0 Å².